The first kappa shape index (κ1) is 11.3. The van der Waals surface area contributed by atoms with Crippen molar-refractivity contribution in [3.8, 4) is 5.82 Å². The molecule has 0 saturated heterocycles. The fourth-order valence-electron chi connectivity index (χ4n) is 1.59. The van der Waals surface area contributed by atoms with Crippen molar-refractivity contribution >= 4 is 15.9 Å². The van der Waals surface area contributed by atoms with Crippen molar-refractivity contribution in [1.82, 2.24) is 14.8 Å². The van der Waals surface area contributed by atoms with Gasteiger partial charge in [-0.1, -0.05) is 0 Å². The van der Waals surface area contributed by atoms with E-state index in [0.29, 0.717) is 0 Å². The normalized spacial score (nSPS) is 10.8. The summed E-state index contributed by atoms with van der Waals surface area (Å²) in [6, 6.07) is 3.97. The van der Waals surface area contributed by atoms with Gasteiger partial charge < -0.3 is 0 Å². The Morgan fingerprint density at radius 1 is 1.06 bits per heavy atom. The second kappa shape index (κ2) is 4.01. The molecule has 0 aliphatic heterocycles. The minimum absolute atomic E-state index is 0.870. The first-order valence-electron chi connectivity index (χ1n) is 5.17. The van der Waals surface area contributed by atoms with Gasteiger partial charge in [-0.2, -0.15) is 5.10 Å². The monoisotopic (exact) mass is 279 g/mol. The fraction of sp³-hybridized carbons (Fsp3) is 0.333. The number of rotatable bonds is 1. The summed E-state index contributed by atoms with van der Waals surface area (Å²) in [5.41, 5.74) is 4.40. The minimum Gasteiger partial charge on any atom is -0.233 e. The van der Waals surface area contributed by atoms with Gasteiger partial charge in [0.25, 0.3) is 0 Å². The van der Waals surface area contributed by atoms with Crippen LogP contribution >= 0.6 is 15.9 Å². The third-order valence-corrected chi connectivity index (χ3v) is 3.71. The third kappa shape index (κ3) is 1.78. The van der Waals surface area contributed by atoms with E-state index in [1.165, 1.54) is 5.56 Å². The lowest BCUT2D eigenvalue weighted by Gasteiger charge is -2.05. The van der Waals surface area contributed by atoms with Crippen LogP contribution in [0.3, 0.4) is 0 Å². The Balaban J connectivity index is 2.59. The molecule has 16 heavy (non-hydrogen) atoms. The van der Waals surface area contributed by atoms with Gasteiger partial charge in [-0.3, -0.25) is 0 Å². The predicted molar refractivity (Wildman–Crippen MR) is 68.0 cm³/mol. The summed E-state index contributed by atoms with van der Waals surface area (Å²) in [5, 5.41) is 4.49. The van der Waals surface area contributed by atoms with Gasteiger partial charge in [-0.25, -0.2) is 9.67 Å². The van der Waals surface area contributed by atoms with Crippen LogP contribution in [0.2, 0.25) is 0 Å². The Morgan fingerprint density at radius 3 is 2.25 bits per heavy atom. The lowest BCUT2D eigenvalue weighted by atomic mass is 10.2. The number of hydrogen-bond donors (Lipinski definition) is 0. The van der Waals surface area contributed by atoms with E-state index in [1.807, 2.05) is 30.7 Å². The Hall–Kier alpha value is -1.16. The van der Waals surface area contributed by atoms with E-state index >= 15 is 0 Å². The van der Waals surface area contributed by atoms with E-state index in [1.54, 1.807) is 0 Å². The quantitative estimate of drug-likeness (QED) is 0.802. The molecule has 2 rings (SSSR count). The third-order valence-electron chi connectivity index (χ3n) is 2.88. The van der Waals surface area contributed by atoms with Crippen molar-refractivity contribution < 1.29 is 0 Å². The molecule has 0 N–H and O–H groups in total. The molecule has 0 bridgehead atoms. The van der Waals surface area contributed by atoms with E-state index < -0.39 is 0 Å². The van der Waals surface area contributed by atoms with Crippen LogP contribution in [0, 0.1) is 27.7 Å². The summed E-state index contributed by atoms with van der Waals surface area (Å²) in [7, 11) is 0. The number of hydrogen-bond acceptors (Lipinski definition) is 2. The summed E-state index contributed by atoms with van der Waals surface area (Å²) >= 11 is 3.45. The zero-order valence-electron chi connectivity index (χ0n) is 9.87. The zero-order chi connectivity index (χ0) is 11.9. The smallest absolute Gasteiger partial charge is 0.153 e. The van der Waals surface area contributed by atoms with E-state index in [0.717, 1.165) is 27.4 Å². The van der Waals surface area contributed by atoms with Gasteiger partial charge in [0.05, 0.1) is 11.4 Å². The number of aryl methyl sites for hydroxylation is 2. The van der Waals surface area contributed by atoms with Crippen LogP contribution in [0.5, 0.6) is 0 Å². The molecule has 0 spiro atoms. The van der Waals surface area contributed by atoms with Gasteiger partial charge in [0.2, 0.25) is 0 Å². The Bertz CT molecular complexity index is 543. The van der Waals surface area contributed by atoms with Crippen LogP contribution in [-0.4, -0.2) is 14.8 Å². The average Bonchev–Trinajstić information content (AvgIpc) is 2.50. The summed E-state index contributed by atoms with van der Waals surface area (Å²) in [4.78, 5) is 4.51. The van der Waals surface area contributed by atoms with Crippen molar-refractivity contribution in [2.75, 3.05) is 0 Å². The van der Waals surface area contributed by atoms with Gasteiger partial charge in [-0.15, -0.1) is 0 Å². The molecule has 0 aliphatic carbocycles. The number of nitrogens with zero attached hydrogens (tertiary/aromatic N) is 3. The van der Waals surface area contributed by atoms with Crippen LogP contribution in [0.1, 0.15) is 22.6 Å². The lowest BCUT2D eigenvalue weighted by molar-refractivity contribution is 0.800. The Labute approximate surface area is 104 Å². The van der Waals surface area contributed by atoms with E-state index in [9.17, 15) is 0 Å². The molecule has 2 heterocycles. The number of aromatic nitrogens is 3. The molecular weight excluding hydrogens is 266 g/mol. The molecule has 3 nitrogen and oxygen atoms in total. The SMILES string of the molecule is Cc1nc(-n2nc(C)c(C)c2C)ccc1Br. The van der Waals surface area contributed by atoms with Crippen molar-refractivity contribution in [1.29, 1.82) is 0 Å². The summed E-state index contributed by atoms with van der Waals surface area (Å²) in [6.45, 7) is 8.14. The topological polar surface area (TPSA) is 30.7 Å². The van der Waals surface area contributed by atoms with Gasteiger partial charge >= 0.3 is 0 Å². The fourth-order valence-corrected chi connectivity index (χ4v) is 1.81. The molecular formula is C12H14BrN3. The summed E-state index contributed by atoms with van der Waals surface area (Å²) < 4.78 is 2.92. The summed E-state index contributed by atoms with van der Waals surface area (Å²) in [5.74, 6) is 0.870. The van der Waals surface area contributed by atoms with Crippen molar-refractivity contribution in [3.63, 3.8) is 0 Å². The molecule has 4 heteroatoms. The Morgan fingerprint density at radius 2 is 1.75 bits per heavy atom. The maximum atomic E-state index is 4.51. The van der Waals surface area contributed by atoms with Crippen LogP contribution < -0.4 is 0 Å². The molecule has 0 saturated carbocycles. The molecule has 0 amide bonds. The lowest BCUT2D eigenvalue weighted by Crippen LogP contribution is -2.03. The van der Waals surface area contributed by atoms with Crippen LogP contribution in [-0.2, 0) is 0 Å². The number of pyridine rings is 1. The van der Waals surface area contributed by atoms with Crippen molar-refractivity contribution in [2.45, 2.75) is 27.7 Å². The molecule has 0 atom stereocenters. The van der Waals surface area contributed by atoms with Gasteiger partial charge in [0, 0.05) is 10.2 Å². The van der Waals surface area contributed by atoms with E-state index in [2.05, 4.69) is 39.9 Å². The van der Waals surface area contributed by atoms with Crippen molar-refractivity contribution in [2.24, 2.45) is 0 Å². The van der Waals surface area contributed by atoms with Crippen LogP contribution in [0.4, 0.5) is 0 Å². The van der Waals surface area contributed by atoms with Gasteiger partial charge in [-0.05, 0) is 61.3 Å². The highest BCUT2D eigenvalue weighted by atomic mass is 79.9. The standard InChI is InChI=1S/C12H14BrN3/c1-7-8(2)15-16(10(7)4)12-6-5-11(13)9(3)14-12/h5-6H,1-4H3. The maximum Gasteiger partial charge on any atom is 0.153 e. The predicted octanol–water partition coefficient (Wildman–Crippen LogP) is 3.26. The molecule has 84 valence electrons. The minimum atomic E-state index is 0.870. The first-order chi connectivity index (χ1) is 7.50. The first-order valence-corrected chi connectivity index (χ1v) is 5.96. The van der Waals surface area contributed by atoms with Gasteiger partial charge in [0.1, 0.15) is 0 Å². The van der Waals surface area contributed by atoms with E-state index in [-0.39, 0.29) is 0 Å². The molecule has 0 unspecified atom stereocenters. The van der Waals surface area contributed by atoms with Crippen LogP contribution in [0.25, 0.3) is 5.82 Å². The maximum absolute atomic E-state index is 4.51. The van der Waals surface area contributed by atoms with Crippen molar-refractivity contribution in [3.05, 3.63) is 39.3 Å². The number of halogens is 1. The molecule has 2 aromatic rings. The zero-order valence-corrected chi connectivity index (χ0v) is 11.5. The summed E-state index contributed by atoms with van der Waals surface area (Å²) in [6.07, 6.45) is 0. The van der Waals surface area contributed by atoms with Crippen LogP contribution in [0.15, 0.2) is 16.6 Å². The highest BCUT2D eigenvalue weighted by Crippen LogP contribution is 2.19. The molecule has 2 aromatic heterocycles. The molecule has 0 radical (unpaired) electrons. The van der Waals surface area contributed by atoms with Gasteiger partial charge in [0.15, 0.2) is 5.82 Å². The second-order valence-electron chi connectivity index (χ2n) is 3.94. The Kier molecular flexibility index (Phi) is 2.84. The molecule has 0 fully saturated rings. The molecule has 0 aromatic carbocycles. The highest BCUT2D eigenvalue weighted by Gasteiger charge is 2.10. The van der Waals surface area contributed by atoms with E-state index in [4.69, 9.17) is 0 Å². The highest BCUT2D eigenvalue weighted by molar-refractivity contribution is 9.10. The largest absolute Gasteiger partial charge is 0.233 e. The average molecular weight is 280 g/mol. The second-order valence-corrected chi connectivity index (χ2v) is 4.80. The molecule has 0 aliphatic rings.